The number of fused-ring (bicyclic) bond motifs is 1. The highest BCUT2D eigenvalue weighted by Gasteiger charge is 2.34. The lowest BCUT2D eigenvalue weighted by molar-refractivity contribution is -0.136. The summed E-state index contributed by atoms with van der Waals surface area (Å²) in [6.45, 7) is 4.80. The van der Waals surface area contributed by atoms with Crippen LogP contribution < -0.4 is 5.32 Å². The maximum absolute atomic E-state index is 13.3. The molecular weight excluding hydrogens is 448 g/mol. The number of hydrogen-bond acceptors (Lipinski definition) is 3. The van der Waals surface area contributed by atoms with Gasteiger partial charge in [-0.25, -0.2) is 4.98 Å². The number of anilines is 1. The van der Waals surface area contributed by atoms with Crippen LogP contribution in [-0.4, -0.2) is 38.9 Å². The van der Waals surface area contributed by atoms with Crippen molar-refractivity contribution in [3.05, 3.63) is 83.7 Å². The molecule has 5 rings (SSSR count). The van der Waals surface area contributed by atoms with Gasteiger partial charge in [-0.2, -0.15) is 0 Å². The second-order valence-electron chi connectivity index (χ2n) is 9.66. The second-order valence-corrected chi connectivity index (χ2v) is 9.66. The first-order valence-corrected chi connectivity index (χ1v) is 12.6. The normalized spacial score (nSPS) is 15.4. The zero-order valence-electron chi connectivity index (χ0n) is 21.1. The van der Waals surface area contributed by atoms with E-state index in [1.165, 1.54) is 11.1 Å². The molecule has 1 saturated heterocycles. The highest BCUT2D eigenvalue weighted by Crippen LogP contribution is 2.29. The Morgan fingerprint density at radius 3 is 2.53 bits per heavy atom. The third-order valence-electron chi connectivity index (χ3n) is 7.30. The number of amides is 2. The molecule has 184 valence electrons. The number of imidazole rings is 1. The smallest absolute Gasteiger partial charge is 0.247 e. The lowest BCUT2D eigenvalue weighted by Crippen LogP contribution is -2.43. The van der Waals surface area contributed by atoms with Crippen molar-refractivity contribution in [1.29, 1.82) is 0 Å². The predicted octanol–water partition coefficient (Wildman–Crippen LogP) is 5.42. The lowest BCUT2D eigenvalue weighted by atomic mass is 10.0. The third kappa shape index (κ3) is 4.63. The van der Waals surface area contributed by atoms with Crippen LogP contribution in [0.25, 0.3) is 22.2 Å². The minimum Gasteiger partial charge on any atom is -0.331 e. The van der Waals surface area contributed by atoms with Crippen LogP contribution >= 0.6 is 0 Å². The Balaban J connectivity index is 1.28. The van der Waals surface area contributed by atoms with Crippen LogP contribution in [0.1, 0.15) is 36.2 Å². The number of para-hydroxylation sites is 1. The van der Waals surface area contributed by atoms with Gasteiger partial charge < -0.3 is 14.8 Å². The molecule has 0 bridgehead atoms. The molecule has 0 aliphatic carbocycles. The molecule has 2 heterocycles. The monoisotopic (exact) mass is 480 g/mol. The molecule has 6 nitrogen and oxygen atoms in total. The Morgan fingerprint density at radius 1 is 1.00 bits per heavy atom. The number of carbonyl (C=O) groups excluding carboxylic acids is 2. The molecule has 1 aromatic heterocycles. The third-order valence-corrected chi connectivity index (χ3v) is 7.30. The molecule has 3 aromatic carbocycles. The van der Waals surface area contributed by atoms with E-state index in [2.05, 4.69) is 35.9 Å². The number of benzene rings is 3. The highest BCUT2D eigenvalue weighted by molar-refractivity contribution is 6.00. The summed E-state index contributed by atoms with van der Waals surface area (Å²) >= 11 is 0. The Hall–Kier alpha value is -3.93. The van der Waals surface area contributed by atoms with E-state index in [9.17, 15) is 9.59 Å². The summed E-state index contributed by atoms with van der Waals surface area (Å²) in [5.41, 5.74) is 7.25. The van der Waals surface area contributed by atoms with Gasteiger partial charge in [0.05, 0.1) is 11.0 Å². The van der Waals surface area contributed by atoms with Gasteiger partial charge in [-0.15, -0.1) is 0 Å². The maximum Gasteiger partial charge on any atom is 0.247 e. The van der Waals surface area contributed by atoms with Crippen molar-refractivity contribution in [2.24, 2.45) is 7.05 Å². The summed E-state index contributed by atoms with van der Waals surface area (Å²) in [5, 5.41) is 3.10. The van der Waals surface area contributed by atoms with Crippen molar-refractivity contribution in [2.45, 2.75) is 45.6 Å². The Labute approximate surface area is 212 Å². The molecule has 1 aliphatic heterocycles. The first-order chi connectivity index (χ1) is 17.4. The molecule has 1 N–H and O–H groups in total. The maximum atomic E-state index is 13.3. The fraction of sp³-hybridized carbons (Fsp3) is 0.300. The first kappa shape index (κ1) is 23.8. The summed E-state index contributed by atoms with van der Waals surface area (Å²) in [4.78, 5) is 33.0. The van der Waals surface area contributed by atoms with Crippen molar-refractivity contribution < 1.29 is 9.59 Å². The van der Waals surface area contributed by atoms with Crippen LogP contribution in [-0.2, 0) is 23.1 Å². The van der Waals surface area contributed by atoms with E-state index < -0.39 is 6.04 Å². The van der Waals surface area contributed by atoms with Gasteiger partial charge in [0.15, 0.2) is 0 Å². The molecule has 0 spiro atoms. The fourth-order valence-electron chi connectivity index (χ4n) is 5.10. The van der Waals surface area contributed by atoms with Crippen LogP contribution in [0.15, 0.2) is 66.7 Å². The van der Waals surface area contributed by atoms with Gasteiger partial charge in [-0.3, -0.25) is 9.59 Å². The van der Waals surface area contributed by atoms with Gasteiger partial charge in [-0.1, -0.05) is 48.5 Å². The summed E-state index contributed by atoms with van der Waals surface area (Å²) < 4.78 is 2.07. The molecule has 4 aromatic rings. The number of aryl methyl sites for hydroxylation is 4. The first-order valence-electron chi connectivity index (χ1n) is 12.6. The highest BCUT2D eigenvalue weighted by atomic mass is 16.2. The largest absolute Gasteiger partial charge is 0.331 e. The molecule has 0 saturated carbocycles. The van der Waals surface area contributed by atoms with Crippen LogP contribution in [0.5, 0.6) is 0 Å². The van der Waals surface area contributed by atoms with Gasteiger partial charge >= 0.3 is 0 Å². The van der Waals surface area contributed by atoms with E-state index in [-0.39, 0.29) is 11.8 Å². The number of carbonyl (C=O) groups is 2. The average Bonchev–Trinajstić information content (AvgIpc) is 3.49. The SMILES string of the molecule is Cc1cc2nc(CCC(=O)N3CCC[C@H]3C(=O)Nc3ccccc3-c3ccccc3)n(C)c2cc1C. The van der Waals surface area contributed by atoms with Crippen molar-refractivity contribution in [3.63, 3.8) is 0 Å². The molecule has 1 atom stereocenters. The molecule has 0 unspecified atom stereocenters. The topological polar surface area (TPSA) is 67.2 Å². The zero-order chi connectivity index (χ0) is 25.2. The standard InChI is InChI=1S/C30H32N4O2/c1-20-18-25-27(19-21(20)2)33(3)28(31-25)15-16-29(35)34-17-9-14-26(34)30(36)32-24-13-8-7-12-23(24)22-10-5-4-6-11-22/h4-8,10-13,18-19,26H,9,14-17H2,1-3H3,(H,32,36)/t26-/m0/s1. The van der Waals surface area contributed by atoms with Crippen molar-refractivity contribution in [3.8, 4) is 11.1 Å². The minimum absolute atomic E-state index is 0.00316. The number of rotatable bonds is 6. The quantitative estimate of drug-likeness (QED) is 0.401. The molecule has 36 heavy (non-hydrogen) atoms. The number of nitrogens with one attached hydrogen (secondary N) is 1. The van der Waals surface area contributed by atoms with E-state index in [0.717, 1.165) is 40.1 Å². The zero-order valence-corrected chi connectivity index (χ0v) is 21.1. The van der Waals surface area contributed by atoms with E-state index in [4.69, 9.17) is 4.98 Å². The van der Waals surface area contributed by atoms with E-state index in [1.54, 1.807) is 4.90 Å². The van der Waals surface area contributed by atoms with Crippen molar-refractivity contribution >= 4 is 28.5 Å². The van der Waals surface area contributed by atoms with Gasteiger partial charge in [0.1, 0.15) is 11.9 Å². The van der Waals surface area contributed by atoms with Gasteiger partial charge in [0.25, 0.3) is 0 Å². The van der Waals surface area contributed by atoms with Crippen LogP contribution in [0, 0.1) is 13.8 Å². The molecule has 6 heteroatoms. The average molecular weight is 481 g/mol. The lowest BCUT2D eigenvalue weighted by Gasteiger charge is -2.24. The second kappa shape index (κ2) is 9.97. The number of likely N-dealkylation sites (tertiary alicyclic amines) is 1. The van der Waals surface area contributed by atoms with Gasteiger partial charge in [0, 0.05) is 37.7 Å². The molecule has 1 fully saturated rings. The molecular formula is C30H32N4O2. The number of nitrogens with zero attached hydrogens (tertiary/aromatic N) is 3. The van der Waals surface area contributed by atoms with E-state index in [0.29, 0.717) is 25.8 Å². The molecule has 2 amide bonds. The molecule has 0 radical (unpaired) electrons. The predicted molar refractivity (Wildman–Crippen MR) is 144 cm³/mol. The van der Waals surface area contributed by atoms with Gasteiger partial charge in [-0.05, 0) is 61.6 Å². The Kier molecular flexibility index (Phi) is 6.59. The fourth-order valence-corrected chi connectivity index (χ4v) is 5.10. The molecule has 1 aliphatic rings. The summed E-state index contributed by atoms with van der Waals surface area (Å²) in [6.07, 6.45) is 2.38. The minimum atomic E-state index is -0.452. The Bertz CT molecular complexity index is 1420. The Morgan fingerprint density at radius 2 is 1.72 bits per heavy atom. The summed E-state index contributed by atoms with van der Waals surface area (Å²) in [7, 11) is 2.00. The van der Waals surface area contributed by atoms with Crippen molar-refractivity contribution in [1.82, 2.24) is 14.5 Å². The number of aromatic nitrogens is 2. The summed E-state index contributed by atoms with van der Waals surface area (Å²) in [6, 6.07) is 21.6. The number of hydrogen-bond donors (Lipinski definition) is 1. The van der Waals surface area contributed by atoms with Crippen LogP contribution in [0.2, 0.25) is 0 Å². The van der Waals surface area contributed by atoms with E-state index in [1.807, 2.05) is 61.6 Å². The van der Waals surface area contributed by atoms with E-state index >= 15 is 0 Å². The van der Waals surface area contributed by atoms with Crippen LogP contribution in [0.3, 0.4) is 0 Å². The summed E-state index contributed by atoms with van der Waals surface area (Å²) in [5.74, 6) is 0.765. The van der Waals surface area contributed by atoms with Crippen LogP contribution in [0.4, 0.5) is 5.69 Å². The van der Waals surface area contributed by atoms with Gasteiger partial charge in [0.2, 0.25) is 11.8 Å². The van der Waals surface area contributed by atoms with Crippen molar-refractivity contribution in [2.75, 3.05) is 11.9 Å².